The number of hydrogen-bond donors (Lipinski definition) is 2. The molecular formula is C27H21FN2O4. The topological polar surface area (TPSA) is 88.5 Å². The molecule has 0 unspecified atom stereocenters. The molecule has 5 aromatic rings. The Labute approximate surface area is 194 Å². The number of carboxylic acids is 1. The van der Waals surface area contributed by atoms with E-state index in [1.807, 2.05) is 24.5 Å². The molecular weight excluding hydrogens is 435 g/mol. The van der Waals surface area contributed by atoms with Gasteiger partial charge in [0.1, 0.15) is 17.3 Å². The SMILES string of the molecule is CC(C)(c1cnco1)c1c(-c2ccc(C(=O)O)cc2)c2c(O)cccc2n1-c1ccc(F)cc1. The minimum absolute atomic E-state index is 0.0743. The van der Waals surface area contributed by atoms with Gasteiger partial charge in [0, 0.05) is 22.3 Å². The second-order valence-electron chi connectivity index (χ2n) is 8.58. The maximum atomic E-state index is 13.8. The molecule has 170 valence electrons. The van der Waals surface area contributed by atoms with Crippen LogP contribution in [0.1, 0.15) is 35.7 Å². The first-order valence-corrected chi connectivity index (χ1v) is 10.6. The van der Waals surface area contributed by atoms with E-state index in [0.717, 1.165) is 16.8 Å². The highest BCUT2D eigenvalue weighted by Gasteiger charge is 2.36. The number of benzene rings is 3. The molecule has 34 heavy (non-hydrogen) atoms. The summed E-state index contributed by atoms with van der Waals surface area (Å²) in [6, 6.07) is 17.9. The zero-order valence-corrected chi connectivity index (χ0v) is 18.5. The van der Waals surface area contributed by atoms with Crippen LogP contribution in [0.15, 0.2) is 83.7 Å². The number of rotatable bonds is 5. The molecule has 6 nitrogen and oxygen atoms in total. The summed E-state index contributed by atoms with van der Waals surface area (Å²) in [5, 5.41) is 20.9. The van der Waals surface area contributed by atoms with Crippen molar-refractivity contribution in [1.29, 1.82) is 0 Å². The molecule has 0 aliphatic carbocycles. The zero-order valence-electron chi connectivity index (χ0n) is 18.5. The van der Waals surface area contributed by atoms with Crippen molar-refractivity contribution < 1.29 is 23.8 Å². The Morgan fingerprint density at radius 1 is 1.03 bits per heavy atom. The number of halogens is 1. The van der Waals surface area contributed by atoms with Gasteiger partial charge in [-0.15, -0.1) is 0 Å². The molecule has 5 rings (SSSR count). The van der Waals surface area contributed by atoms with Gasteiger partial charge in [0.25, 0.3) is 0 Å². The number of carbonyl (C=O) groups is 1. The molecule has 0 atom stereocenters. The number of fused-ring (bicyclic) bond motifs is 1. The lowest BCUT2D eigenvalue weighted by atomic mass is 9.82. The smallest absolute Gasteiger partial charge is 0.335 e. The van der Waals surface area contributed by atoms with Crippen LogP contribution in [0.2, 0.25) is 0 Å². The number of aromatic carboxylic acids is 1. The van der Waals surface area contributed by atoms with Crippen LogP contribution in [-0.2, 0) is 5.41 Å². The number of carboxylic acid groups (broad SMARTS) is 1. The Kier molecular flexibility index (Phi) is 4.97. The Balaban J connectivity index is 1.94. The van der Waals surface area contributed by atoms with Crippen molar-refractivity contribution >= 4 is 16.9 Å². The quantitative estimate of drug-likeness (QED) is 0.331. The number of nitrogens with zero attached hydrogens (tertiary/aromatic N) is 2. The number of hydrogen-bond acceptors (Lipinski definition) is 4. The molecule has 2 N–H and O–H groups in total. The lowest BCUT2D eigenvalue weighted by Crippen LogP contribution is -2.23. The highest BCUT2D eigenvalue weighted by Crippen LogP contribution is 2.47. The molecule has 0 aliphatic heterocycles. The first-order valence-electron chi connectivity index (χ1n) is 10.6. The molecule has 0 aliphatic rings. The zero-order chi connectivity index (χ0) is 24.0. The normalized spacial score (nSPS) is 11.7. The third-order valence-electron chi connectivity index (χ3n) is 6.12. The van der Waals surface area contributed by atoms with Crippen molar-refractivity contribution in [3.05, 3.63) is 102 Å². The Morgan fingerprint density at radius 3 is 2.35 bits per heavy atom. The maximum absolute atomic E-state index is 13.8. The molecule has 0 spiro atoms. The largest absolute Gasteiger partial charge is 0.507 e. The van der Waals surface area contributed by atoms with Crippen molar-refractivity contribution in [3.63, 3.8) is 0 Å². The molecule has 2 aromatic heterocycles. The molecule has 0 radical (unpaired) electrons. The van der Waals surface area contributed by atoms with Gasteiger partial charge in [0.2, 0.25) is 0 Å². The van der Waals surface area contributed by atoms with E-state index < -0.39 is 11.4 Å². The number of aromatic nitrogens is 2. The molecule has 0 amide bonds. The molecule has 3 aromatic carbocycles. The number of aromatic hydroxyl groups is 1. The minimum atomic E-state index is -1.02. The van der Waals surface area contributed by atoms with Crippen molar-refractivity contribution in [2.75, 3.05) is 0 Å². The highest BCUT2D eigenvalue weighted by molar-refractivity contribution is 6.04. The van der Waals surface area contributed by atoms with E-state index in [2.05, 4.69) is 4.98 Å². The average molecular weight is 456 g/mol. The van der Waals surface area contributed by atoms with Gasteiger partial charge in [-0.05, 0) is 67.9 Å². The van der Waals surface area contributed by atoms with Gasteiger partial charge in [-0.2, -0.15) is 0 Å². The van der Waals surface area contributed by atoms with Crippen molar-refractivity contribution in [2.45, 2.75) is 19.3 Å². The predicted molar refractivity (Wildman–Crippen MR) is 126 cm³/mol. The fourth-order valence-electron chi connectivity index (χ4n) is 4.47. The van der Waals surface area contributed by atoms with E-state index in [1.54, 1.807) is 42.6 Å². The fourth-order valence-corrected chi connectivity index (χ4v) is 4.47. The molecule has 0 bridgehead atoms. The molecule has 0 saturated carbocycles. The van der Waals surface area contributed by atoms with E-state index in [-0.39, 0.29) is 17.1 Å². The lowest BCUT2D eigenvalue weighted by Gasteiger charge is -2.26. The van der Waals surface area contributed by atoms with Crippen LogP contribution in [0.25, 0.3) is 27.7 Å². The van der Waals surface area contributed by atoms with Crippen LogP contribution in [0, 0.1) is 5.82 Å². The number of phenols is 1. The summed E-state index contributed by atoms with van der Waals surface area (Å²) in [6.07, 6.45) is 3.00. The van der Waals surface area contributed by atoms with Crippen molar-refractivity contribution in [2.24, 2.45) is 0 Å². The van der Waals surface area contributed by atoms with Gasteiger partial charge in [0.05, 0.1) is 22.7 Å². The Morgan fingerprint density at radius 2 is 1.74 bits per heavy atom. The second kappa shape index (κ2) is 7.88. The standard InChI is InChI=1S/C27H21FN2O4/c1-27(2,22-14-29-15-34-22)25-23(16-6-8-17(9-7-16)26(32)33)24-20(4-3-5-21(24)31)30(25)19-12-10-18(28)11-13-19/h3-15,31H,1-2H3,(H,32,33). The second-order valence-corrected chi connectivity index (χ2v) is 8.58. The van der Waals surface area contributed by atoms with Gasteiger partial charge < -0.3 is 19.2 Å². The molecule has 7 heteroatoms. The van der Waals surface area contributed by atoms with Crippen molar-refractivity contribution in [3.8, 4) is 22.6 Å². The van der Waals surface area contributed by atoms with Gasteiger partial charge in [-0.1, -0.05) is 18.2 Å². The molecule has 0 fully saturated rings. The van der Waals surface area contributed by atoms with Gasteiger partial charge in [-0.25, -0.2) is 14.2 Å². The Bertz CT molecular complexity index is 1500. The fraction of sp³-hybridized carbons (Fsp3) is 0.111. The van der Waals surface area contributed by atoms with E-state index in [1.165, 1.54) is 30.7 Å². The van der Waals surface area contributed by atoms with Gasteiger partial charge in [0.15, 0.2) is 6.39 Å². The van der Waals surface area contributed by atoms with Crippen LogP contribution in [0.5, 0.6) is 5.75 Å². The lowest BCUT2D eigenvalue weighted by molar-refractivity contribution is 0.0697. The van der Waals surface area contributed by atoms with Crippen LogP contribution in [0.3, 0.4) is 0 Å². The maximum Gasteiger partial charge on any atom is 0.335 e. The van der Waals surface area contributed by atoms with E-state index in [4.69, 9.17) is 4.42 Å². The Hall–Kier alpha value is -4.39. The predicted octanol–water partition coefficient (Wildman–Crippen LogP) is 6.15. The summed E-state index contributed by atoms with van der Waals surface area (Å²) in [5.41, 5.74) is 3.05. The third kappa shape index (κ3) is 3.33. The summed E-state index contributed by atoms with van der Waals surface area (Å²) in [4.78, 5) is 15.5. The van der Waals surface area contributed by atoms with Crippen molar-refractivity contribution in [1.82, 2.24) is 9.55 Å². The van der Waals surface area contributed by atoms with Crippen LogP contribution in [-0.4, -0.2) is 25.7 Å². The first-order chi connectivity index (χ1) is 16.3. The first kappa shape index (κ1) is 21.5. The van der Waals surface area contributed by atoms with E-state index >= 15 is 0 Å². The summed E-state index contributed by atoms with van der Waals surface area (Å²) in [6.45, 7) is 3.96. The van der Waals surface area contributed by atoms with Crippen LogP contribution in [0.4, 0.5) is 4.39 Å². The summed E-state index contributed by atoms with van der Waals surface area (Å²) < 4.78 is 21.5. The monoisotopic (exact) mass is 456 g/mol. The van der Waals surface area contributed by atoms with Crippen LogP contribution < -0.4 is 0 Å². The van der Waals surface area contributed by atoms with E-state index in [0.29, 0.717) is 22.4 Å². The third-order valence-corrected chi connectivity index (χ3v) is 6.12. The number of oxazole rings is 1. The molecule has 0 saturated heterocycles. The van der Waals surface area contributed by atoms with Crippen LogP contribution >= 0.6 is 0 Å². The number of phenolic OH excluding ortho intramolecular Hbond substituents is 1. The van der Waals surface area contributed by atoms with E-state index in [9.17, 15) is 19.4 Å². The average Bonchev–Trinajstić information content (AvgIpc) is 3.48. The molecule has 2 heterocycles. The summed E-state index contributed by atoms with van der Waals surface area (Å²) in [7, 11) is 0. The summed E-state index contributed by atoms with van der Waals surface area (Å²) in [5.74, 6) is -0.708. The van der Waals surface area contributed by atoms with Gasteiger partial charge in [-0.3, -0.25) is 0 Å². The van der Waals surface area contributed by atoms with Gasteiger partial charge >= 0.3 is 5.97 Å². The summed E-state index contributed by atoms with van der Waals surface area (Å²) >= 11 is 0. The highest BCUT2D eigenvalue weighted by atomic mass is 19.1. The minimum Gasteiger partial charge on any atom is -0.507 e.